The maximum atomic E-state index is 12.5. The van der Waals surface area contributed by atoms with Gasteiger partial charge in [0, 0.05) is 6.07 Å². The standard InChI is InChI=1S/C19H14F3N3O4/c1-28-18-10-14(25(26)27)6-8-16(18)17-9-7-15(29-17)11-23-24-13-4-2-12(3-5-13)19(20,21)22/h2-11,24H,1H3/b23-11+. The molecule has 0 amide bonds. The summed E-state index contributed by atoms with van der Waals surface area (Å²) in [5.74, 6) is 1.05. The van der Waals surface area contributed by atoms with E-state index in [4.69, 9.17) is 9.15 Å². The molecule has 0 atom stereocenters. The minimum atomic E-state index is -4.40. The lowest BCUT2D eigenvalue weighted by Gasteiger charge is -2.07. The summed E-state index contributed by atoms with van der Waals surface area (Å²) in [6.45, 7) is 0. The molecule has 0 saturated carbocycles. The Morgan fingerprint density at radius 1 is 1.14 bits per heavy atom. The molecule has 150 valence electrons. The van der Waals surface area contributed by atoms with Gasteiger partial charge in [0.05, 0.1) is 41.1 Å². The second-order valence-corrected chi connectivity index (χ2v) is 5.79. The third-order valence-electron chi connectivity index (χ3n) is 3.89. The van der Waals surface area contributed by atoms with Crippen molar-refractivity contribution in [3.8, 4) is 17.1 Å². The molecule has 2 aromatic carbocycles. The van der Waals surface area contributed by atoms with Crippen molar-refractivity contribution >= 4 is 17.6 Å². The van der Waals surface area contributed by atoms with Crippen LogP contribution in [-0.2, 0) is 6.18 Å². The van der Waals surface area contributed by atoms with Crippen LogP contribution in [0.1, 0.15) is 11.3 Å². The minimum Gasteiger partial charge on any atom is -0.496 e. The van der Waals surface area contributed by atoms with Crippen LogP contribution < -0.4 is 10.2 Å². The molecule has 1 aromatic heterocycles. The van der Waals surface area contributed by atoms with E-state index in [1.54, 1.807) is 12.1 Å². The molecule has 3 aromatic rings. The average Bonchev–Trinajstić information content (AvgIpc) is 3.15. The Morgan fingerprint density at radius 3 is 2.48 bits per heavy atom. The summed E-state index contributed by atoms with van der Waals surface area (Å²) in [5, 5.41) is 14.8. The maximum absolute atomic E-state index is 12.5. The van der Waals surface area contributed by atoms with E-state index in [1.807, 2.05) is 0 Å². The van der Waals surface area contributed by atoms with E-state index in [9.17, 15) is 23.3 Å². The van der Waals surface area contributed by atoms with Crippen molar-refractivity contribution in [3.63, 3.8) is 0 Å². The fourth-order valence-corrected chi connectivity index (χ4v) is 2.47. The highest BCUT2D eigenvalue weighted by Gasteiger charge is 2.29. The molecule has 1 heterocycles. The van der Waals surface area contributed by atoms with Gasteiger partial charge in [-0.1, -0.05) is 0 Å². The number of hydrogen-bond donors (Lipinski definition) is 1. The van der Waals surface area contributed by atoms with Gasteiger partial charge in [-0.05, 0) is 42.5 Å². The highest BCUT2D eigenvalue weighted by molar-refractivity contribution is 5.79. The van der Waals surface area contributed by atoms with E-state index >= 15 is 0 Å². The summed E-state index contributed by atoms with van der Waals surface area (Å²) < 4.78 is 48.4. The molecular formula is C19H14F3N3O4. The van der Waals surface area contributed by atoms with Gasteiger partial charge in [0.2, 0.25) is 0 Å². The van der Waals surface area contributed by atoms with Crippen molar-refractivity contribution in [1.82, 2.24) is 0 Å². The number of nitrogens with zero attached hydrogens (tertiary/aromatic N) is 2. The molecule has 10 heteroatoms. The summed E-state index contributed by atoms with van der Waals surface area (Å²) in [7, 11) is 1.39. The number of nitro groups is 1. The first kappa shape index (κ1) is 19.9. The molecule has 0 aliphatic carbocycles. The van der Waals surface area contributed by atoms with Crippen molar-refractivity contribution in [2.24, 2.45) is 5.10 Å². The van der Waals surface area contributed by atoms with Gasteiger partial charge < -0.3 is 9.15 Å². The number of alkyl halides is 3. The molecule has 29 heavy (non-hydrogen) atoms. The first-order valence-corrected chi connectivity index (χ1v) is 8.17. The molecule has 0 aliphatic heterocycles. The number of nitro benzene ring substituents is 1. The number of anilines is 1. The fourth-order valence-electron chi connectivity index (χ4n) is 2.47. The smallest absolute Gasteiger partial charge is 0.416 e. The van der Waals surface area contributed by atoms with Crippen LogP contribution in [-0.4, -0.2) is 18.2 Å². The van der Waals surface area contributed by atoms with Crippen molar-refractivity contribution in [1.29, 1.82) is 0 Å². The van der Waals surface area contributed by atoms with Crippen LogP contribution >= 0.6 is 0 Å². The van der Waals surface area contributed by atoms with Crippen LogP contribution in [0.2, 0.25) is 0 Å². The first-order valence-electron chi connectivity index (χ1n) is 8.17. The lowest BCUT2D eigenvalue weighted by molar-refractivity contribution is -0.384. The van der Waals surface area contributed by atoms with Gasteiger partial charge >= 0.3 is 6.18 Å². The Bertz CT molecular complexity index is 1040. The van der Waals surface area contributed by atoms with E-state index in [0.717, 1.165) is 12.1 Å². The monoisotopic (exact) mass is 405 g/mol. The Kier molecular flexibility index (Phi) is 5.53. The topological polar surface area (TPSA) is 89.9 Å². The molecule has 0 aliphatic rings. The zero-order chi connectivity index (χ0) is 21.0. The largest absolute Gasteiger partial charge is 0.496 e. The van der Waals surface area contributed by atoms with Crippen LogP contribution in [0.4, 0.5) is 24.5 Å². The van der Waals surface area contributed by atoms with Crippen LogP contribution in [0.25, 0.3) is 11.3 Å². The fraction of sp³-hybridized carbons (Fsp3) is 0.105. The molecule has 0 unspecified atom stereocenters. The third-order valence-corrected chi connectivity index (χ3v) is 3.89. The Morgan fingerprint density at radius 2 is 1.86 bits per heavy atom. The molecule has 0 spiro atoms. The molecule has 0 saturated heterocycles. The number of furan rings is 1. The number of hydrogen-bond acceptors (Lipinski definition) is 6. The van der Waals surface area contributed by atoms with Gasteiger partial charge in [0.15, 0.2) is 0 Å². The lowest BCUT2D eigenvalue weighted by atomic mass is 10.1. The molecule has 3 rings (SSSR count). The summed E-state index contributed by atoms with van der Waals surface area (Å²) in [4.78, 5) is 10.3. The summed E-state index contributed by atoms with van der Waals surface area (Å²) in [6, 6.07) is 11.8. The first-order chi connectivity index (χ1) is 13.8. The molecule has 0 fully saturated rings. The number of ether oxygens (including phenoxy) is 1. The average molecular weight is 405 g/mol. The van der Waals surface area contributed by atoms with Crippen molar-refractivity contribution in [2.45, 2.75) is 6.18 Å². The van der Waals surface area contributed by atoms with Gasteiger partial charge in [0.25, 0.3) is 5.69 Å². The van der Waals surface area contributed by atoms with Gasteiger partial charge in [-0.15, -0.1) is 0 Å². The zero-order valence-electron chi connectivity index (χ0n) is 14.9. The number of methoxy groups -OCH3 is 1. The minimum absolute atomic E-state index is 0.111. The predicted octanol–water partition coefficient (Wildman–Crippen LogP) is 5.33. The van der Waals surface area contributed by atoms with E-state index in [1.165, 1.54) is 43.7 Å². The number of rotatable bonds is 6. The van der Waals surface area contributed by atoms with Crippen molar-refractivity contribution in [2.75, 3.05) is 12.5 Å². The maximum Gasteiger partial charge on any atom is 0.416 e. The molecule has 1 N–H and O–H groups in total. The van der Waals surface area contributed by atoms with E-state index < -0.39 is 16.7 Å². The second kappa shape index (κ2) is 8.05. The third kappa shape index (κ3) is 4.72. The highest BCUT2D eigenvalue weighted by Crippen LogP contribution is 2.34. The molecular weight excluding hydrogens is 391 g/mol. The van der Waals surface area contributed by atoms with E-state index in [-0.39, 0.29) is 11.4 Å². The normalized spacial score (nSPS) is 11.6. The number of hydrazone groups is 1. The molecule has 0 radical (unpaired) electrons. The van der Waals surface area contributed by atoms with Crippen molar-refractivity contribution in [3.05, 3.63) is 76.0 Å². The van der Waals surface area contributed by atoms with Gasteiger partial charge in [-0.3, -0.25) is 15.5 Å². The Labute approximate surface area is 162 Å². The van der Waals surface area contributed by atoms with Gasteiger partial charge in [0.1, 0.15) is 17.3 Å². The number of nitrogens with one attached hydrogen (secondary N) is 1. The van der Waals surface area contributed by atoms with E-state index in [2.05, 4.69) is 10.5 Å². The Hall–Kier alpha value is -3.82. The van der Waals surface area contributed by atoms with Crippen LogP contribution in [0.15, 0.2) is 64.1 Å². The lowest BCUT2D eigenvalue weighted by Crippen LogP contribution is -2.04. The van der Waals surface area contributed by atoms with Crippen molar-refractivity contribution < 1.29 is 27.2 Å². The van der Waals surface area contributed by atoms with Crippen LogP contribution in [0.3, 0.4) is 0 Å². The second-order valence-electron chi connectivity index (χ2n) is 5.79. The molecule has 7 nitrogen and oxygen atoms in total. The number of non-ortho nitro benzene ring substituents is 1. The highest BCUT2D eigenvalue weighted by atomic mass is 19.4. The SMILES string of the molecule is COc1cc([N+](=O)[O-])ccc1-c1ccc(/C=N/Nc2ccc(C(F)(F)F)cc2)o1. The summed E-state index contributed by atoms with van der Waals surface area (Å²) >= 11 is 0. The summed E-state index contributed by atoms with van der Waals surface area (Å²) in [6.07, 6.45) is -3.05. The van der Waals surface area contributed by atoms with Crippen LogP contribution in [0.5, 0.6) is 5.75 Å². The van der Waals surface area contributed by atoms with Gasteiger partial charge in [-0.25, -0.2) is 0 Å². The summed E-state index contributed by atoms with van der Waals surface area (Å²) in [5.41, 5.74) is 2.64. The van der Waals surface area contributed by atoms with Crippen LogP contribution in [0, 0.1) is 10.1 Å². The quantitative estimate of drug-likeness (QED) is 0.340. The number of benzene rings is 2. The van der Waals surface area contributed by atoms with Gasteiger partial charge in [-0.2, -0.15) is 18.3 Å². The predicted molar refractivity (Wildman–Crippen MR) is 100 cm³/mol. The Balaban J connectivity index is 1.71. The zero-order valence-corrected chi connectivity index (χ0v) is 14.9. The number of halogens is 3. The van der Waals surface area contributed by atoms with E-state index in [0.29, 0.717) is 22.8 Å². The molecule has 0 bridgehead atoms.